The molecule has 0 unspecified atom stereocenters. The van der Waals surface area contributed by atoms with E-state index in [1.165, 1.54) is 49.6 Å². The normalized spacial score (nSPS) is 42.8. The summed E-state index contributed by atoms with van der Waals surface area (Å²) < 4.78 is 5.59. The zero-order valence-corrected chi connectivity index (χ0v) is 18.5. The Bertz CT molecular complexity index is 838. The predicted octanol–water partition coefficient (Wildman–Crippen LogP) is 4.70. The summed E-state index contributed by atoms with van der Waals surface area (Å²) in [5, 5.41) is 3.51. The van der Waals surface area contributed by atoms with E-state index in [1.807, 2.05) is 0 Å². The number of fused-ring (bicyclic) bond motifs is 7. The summed E-state index contributed by atoms with van der Waals surface area (Å²) in [5.41, 5.74) is 1.81. The van der Waals surface area contributed by atoms with Gasteiger partial charge in [-0.15, -0.1) is 11.3 Å². The van der Waals surface area contributed by atoms with Crippen molar-refractivity contribution >= 4 is 28.8 Å². The molecule has 158 valence electrons. The summed E-state index contributed by atoms with van der Waals surface area (Å²) in [7, 11) is 0. The highest BCUT2D eigenvalue weighted by molar-refractivity contribution is 7.15. The minimum absolute atomic E-state index is 0.127. The SMILES string of the molecule is CC(=O)O[C@H]1CC[C@@]2(C)[C@@H](CC[C@@H]3[C@@H]2CC[C@]2(C)c4nc(NC=O)sc4C[C@@H]32)C1. The Morgan fingerprint density at radius 1 is 1.21 bits per heavy atom. The first-order valence-corrected chi connectivity index (χ1v) is 12.0. The monoisotopic (exact) mass is 416 g/mol. The Kier molecular flexibility index (Phi) is 4.57. The van der Waals surface area contributed by atoms with Gasteiger partial charge in [-0.1, -0.05) is 13.8 Å². The lowest BCUT2D eigenvalue weighted by Crippen LogP contribution is -2.54. The minimum Gasteiger partial charge on any atom is -0.463 e. The van der Waals surface area contributed by atoms with E-state index >= 15 is 0 Å². The van der Waals surface area contributed by atoms with Gasteiger partial charge in [0.15, 0.2) is 5.13 Å². The molecule has 4 aliphatic rings. The molecule has 0 bridgehead atoms. The molecule has 1 heterocycles. The number of aromatic nitrogens is 1. The van der Waals surface area contributed by atoms with Crippen molar-refractivity contribution in [3.05, 3.63) is 10.6 Å². The molecule has 1 aromatic rings. The number of hydrogen-bond acceptors (Lipinski definition) is 5. The van der Waals surface area contributed by atoms with Crippen LogP contribution in [0.4, 0.5) is 5.13 Å². The Morgan fingerprint density at radius 2 is 2.03 bits per heavy atom. The Balaban J connectivity index is 1.38. The number of hydrogen-bond donors (Lipinski definition) is 1. The molecule has 5 rings (SSSR count). The van der Waals surface area contributed by atoms with Gasteiger partial charge in [0.05, 0.1) is 5.69 Å². The number of carbonyl (C=O) groups is 2. The standard InChI is InChI=1S/C23H32N2O3S/c1-13(27)28-15-6-8-22(2)14(10-15)4-5-16-17(22)7-9-23(3)18(16)11-19-20(23)25-21(29-19)24-12-26/h12,14-18H,4-11H2,1-3H3,(H,24,25,26)/t14-,15-,16+,17-,18-,22-,23-/m0/s1. The van der Waals surface area contributed by atoms with E-state index < -0.39 is 0 Å². The molecule has 0 spiro atoms. The second-order valence-corrected chi connectivity index (χ2v) is 11.5. The van der Waals surface area contributed by atoms with E-state index in [0.29, 0.717) is 17.3 Å². The number of nitrogens with zero attached hydrogens (tertiary/aromatic N) is 1. The lowest BCUT2D eigenvalue weighted by Gasteiger charge is -2.60. The van der Waals surface area contributed by atoms with E-state index in [0.717, 1.165) is 42.6 Å². The second-order valence-electron chi connectivity index (χ2n) is 10.4. The Hall–Kier alpha value is -1.43. The summed E-state index contributed by atoms with van der Waals surface area (Å²) in [6.07, 6.45) is 10.3. The Labute approximate surface area is 177 Å². The first-order valence-electron chi connectivity index (χ1n) is 11.2. The number of ether oxygens (including phenoxy) is 1. The lowest BCUT2D eigenvalue weighted by molar-refractivity contribution is -0.157. The highest BCUT2D eigenvalue weighted by Crippen LogP contribution is 2.66. The zero-order valence-electron chi connectivity index (χ0n) is 17.7. The molecular weight excluding hydrogens is 384 g/mol. The number of anilines is 1. The highest BCUT2D eigenvalue weighted by Gasteiger charge is 2.60. The fourth-order valence-corrected chi connectivity index (χ4v) is 8.92. The van der Waals surface area contributed by atoms with Crippen LogP contribution in [0, 0.1) is 29.1 Å². The summed E-state index contributed by atoms with van der Waals surface area (Å²) in [6.45, 7) is 6.50. The van der Waals surface area contributed by atoms with Crippen LogP contribution in [-0.4, -0.2) is 23.5 Å². The van der Waals surface area contributed by atoms with Gasteiger partial charge in [0.1, 0.15) is 6.10 Å². The van der Waals surface area contributed by atoms with Crippen molar-refractivity contribution in [2.75, 3.05) is 5.32 Å². The van der Waals surface area contributed by atoms with Crippen LogP contribution in [0.1, 0.15) is 76.3 Å². The number of esters is 1. The van der Waals surface area contributed by atoms with E-state index in [9.17, 15) is 9.59 Å². The smallest absolute Gasteiger partial charge is 0.302 e. The predicted molar refractivity (Wildman–Crippen MR) is 113 cm³/mol. The molecule has 3 fully saturated rings. The number of nitrogens with one attached hydrogen (secondary N) is 1. The van der Waals surface area contributed by atoms with Gasteiger partial charge in [-0.25, -0.2) is 4.98 Å². The third kappa shape index (κ3) is 2.88. The van der Waals surface area contributed by atoms with Gasteiger partial charge in [-0.3, -0.25) is 9.59 Å². The van der Waals surface area contributed by atoms with E-state index in [4.69, 9.17) is 9.72 Å². The summed E-state index contributed by atoms with van der Waals surface area (Å²) in [5.74, 6) is 2.78. The van der Waals surface area contributed by atoms with Crippen LogP contribution in [0.2, 0.25) is 0 Å². The van der Waals surface area contributed by atoms with Crippen molar-refractivity contribution in [1.29, 1.82) is 0 Å². The van der Waals surface area contributed by atoms with Gasteiger partial charge >= 0.3 is 5.97 Å². The zero-order chi connectivity index (χ0) is 20.4. The van der Waals surface area contributed by atoms with Gasteiger partial charge in [0.2, 0.25) is 6.41 Å². The number of rotatable bonds is 3. The third-order valence-corrected chi connectivity index (χ3v) is 10.2. The number of amides is 1. The van der Waals surface area contributed by atoms with Crippen molar-refractivity contribution in [3.63, 3.8) is 0 Å². The molecule has 7 atom stereocenters. The van der Waals surface area contributed by atoms with Crippen molar-refractivity contribution in [3.8, 4) is 0 Å². The van der Waals surface area contributed by atoms with Gasteiger partial charge in [0.25, 0.3) is 0 Å². The number of thiazole rings is 1. The van der Waals surface area contributed by atoms with Crippen LogP contribution in [-0.2, 0) is 26.2 Å². The van der Waals surface area contributed by atoms with Crippen LogP contribution in [0.25, 0.3) is 0 Å². The Morgan fingerprint density at radius 3 is 2.79 bits per heavy atom. The van der Waals surface area contributed by atoms with E-state index in [1.54, 1.807) is 11.3 Å². The number of carbonyl (C=O) groups excluding carboxylic acids is 2. The fourth-order valence-electron chi connectivity index (χ4n) is 7.80. The molecule has 3 saturated carbocycles. The maximum absolute atomic E-state index is 11.4. The largest absolute Gasteiger partial charge is 0.463 e. The first-order chi connectivity index (χ1) is 13.8. The molecule has 6 heteroatoms. The molecule has 4 aliphatic carbocycles. The molecule has 0 aromatic carbocycles. The van der Waals surface area contributed by atoms with Crippen molar-refractivity contribution in [2.45, 2.75) is 83.7 Å². The molecule has 1 aromatic heterocycles. The summed E-state index contributed by atoms with van der Waals surface area (Å²) in [4.78, 5) is 28.5. The maximum atomic E-state index is 11.4. The van der Waals surface area contributed by atoms with Crippen LogP contribution in [0.15, 0.2) is 0 Å². The van der Waals surface area contributed by atoms with E-state index in [-0.39, 0.29) is 17.5 Å². The van der Waals surface area contributed by atoms with Crippen LogP contribution in [0.3, 0.4) is 0 Å². The maximum Gasteiger partial charge on any atom is 0.302 e. The van der Waals surface area contributed by atoms with Crippen LogP contribution in [0.5, 0.6) is 0 Å². The average Bonchev–Trinajstić information content (AvgIpc) is 3.18. The van der Waals surface area contributed by atoms with Gasteiger partial charge in [-0.05, 0) is 80.5 Å². The molecule has 0 aliphatic heterocycles. The molecule has 29 heavy (non-hydrogen) atoms. The highest BCUT2D eigenvalue weighted by atomic mass is 32.1. The topological polar surface area (TPSA) is 68.3 Å². The summed E-state index contributed by atoms with van der Waals surface area (Å²) in [6, 6.07) is 0. The van der Waals surface area contributed by atoms with E-state index in [2.05, 4.69) is 19.2 Å². The first kappa shape index (κ1) is 19.5. The van der Waals surface area contributed by atoms with Crippen LogP contribution >= 0.6 is 11.3 Å². The van der Waals surface area contributed by atoms with Crippen molar-refractivity contribution < 1.29 is 14.3 Å². The molecule has 0 saturated heterocycles. The molecule has 5 nitrogen and oxygen atoms in total. The average molecular weight is 417 g/mol. The lowest BCUT2D eigenvalue weighted by atomic mass is 9.45. The van der Waals surface area contributed by atoms with Gasteiger partial charge in [-0.2, -0.15) is 0 Å². The molecular formula is C23H32N2O3S. The quantitative estimate of drug-likeness (QED) is 0.573. The van der Waals surface area contributed by atoms with Gasteiger partial charge in [0, 0.05) is 17.2 Å². The fraction of sp³-hybridized carbons (Fsp3) is 0.783. The van der Waals surface area contributed by atoms with Crippen molar-refractivity contribution in [2.24, 2.45) is 29.1 Å². The summed E-state index contributed by atoms with van der Waals surface area (Å²) >= 11 is 1.68. The second kappa shape index (κ2) is 6.79. The molecule has 1 N–H and O–H groups in total. The third-order valence-electron chi connectivity index (χ3n) is 9.17. The van der Waals surface area contributed by atoms with Crippen LogP contribution < -0.4 is 5.32 Å². The van der Waals surface area contributed by atoms with Gasteiger partial charge < -0.3 is 10.1 Å². The molecule has 0 radical (unpaired) electrons. The minimum atomic E-state index is -0.131. The van der Waals surface area contributed by atoms with Crippen molar-refractivity contribution in [1.82, 2.24) is 4.98 Å². The molecule has 1 amide bonds.